The third-order valence-corrected chi connectivity index (χ3v) is 4.75. The molecule has 3 N–H and O–H groups in total. The van der Waals surface area contributed by atoms with Gasteiger partial charge in [0.15, 0.2) is 11.5 Å². The van der Waals surface area contributed by atoms with Gasteiger partial charge < -0.3 is 20.5 Å². The monoisotopic (exact) mass is 354 g/mol. The standard InChI is InChI=1S/C18H27ClN2O3/c1-3-8-24-17-14(19)9-13(10-16(17)23-2)18(22)21-15-7-5-4-6-12(15)11-20/h9-10,12,15H,3-8,11,20H2,1-2H3,(H,21,22). The molecule has 24 heavy (non-hydrogen) atoms. The van der Waals surface area contributed by atoms with E-state index in [1.807, 2.05) is 6.92 Å². The van der Waals surface area contributed by atoms with E-state index < -0.39 is 0 Å². The van der Waals surface area contributed by atoms with Gasteiger partial charge in [0.05, 0.1) is 18.7 Å². The van der Waals surface area contributed by atoms with E-state index in [-0.39, 0.29) is 11.9 Å². The zero-order valence-electron chi connectivity index (χ0n) is 14.4. The van der Waals surface area contributed by atoms with Crippen LogP contribution >= 0.6 is 11.6 Å². The van der Waals surface area contributed by atoms with Gasteiger partial charge in [0.25, 0.3) is 5.91 Å². The second-order valence-electron chi connectivity index (χ2n) is 6.20. The predicted molar refractivity (Wildman–Crippen MR) is 96.1 cm³/mol. The number of hydrogen-bond acceptors (Lipinski definition) is 4. The molecule has 1 aromatic rings. The summed E-state index contributed by atoms with van der Waals surface area (Å²) >= 11 is 6.29. The lowest BCUT2D eigenvalue weighted by Gasteiger charge is -2.31. The average Bonchev–Trinajstić information content (AvgIpc) is 2.60. The number of nitrogens with two attached hydrogens (primary N) is 1. The lowest BCUT2D eigenvalue weighted by Crippen LogP contribution is -2.44. The van der Waals surface area contributed by atoms with Crippen molar-refractivity contribution in [3.05, 3.63) is 22.7 Å². The predicted octanol–water partition coefficient (Wildman–Crippen LogP) is 3.38. The molecule has 1 fully saturated rings. The summed E-state index contributed by atoms with van der Waals surface area (Å²) in [7, 11) is 1.54. The van der Waals surface area contributed by atoms with Crippen molar-refractivity contribution in [1.82, 2.24) is 5.32 Å². The Hall–Kier alpha value is -1.46. The molecule has 1 aliphatic carbocycles. The Bertz CT molecular complexity index is 565. The van der Waals surface area contributed by atoms with Crippen molar-refractivity contribution in [3.8, 4) is 11.5 Å². The van der Waals surface area contributed by atoms with Crippen LogP contribution in [-0.2, 0) is 0 Å². The summed E-state index contributed by atoms with van der Waals surface area (Å²) in [5, 5.41) is 3.48. The van der Waals surface area contributed by atoms with Gasteiger partial charge in [-0.3, -0.25) is 4.79 Å². The fourth-order valence-corrected chi connectivity index (χ4v) is 3.39. The summed E-state index contributed by atoms with van der Waals surface area (Å²) in [6, 6.07) is 3.43. The van der Waals surface area contributed by atoms with E-state index in [0.29, 0.717) is 41.2 Å². The van der Waals surface area contributed by atoms with Crippen molar-refractivity contribution < 1.29 is 14.3 Å². The lowest BCUT2D eigenvalue weighted by molar-refractivity contribution is 0.0907. The number of methoxy groups -OCH3 is 1. The van der Waals surface area contributed by atoms with Crippen molar-refractivity contribution in [2.45, 2.75) is 45.1 Å². The molecule has 0 spiro atoms. The van der Waals surface area contributed by atoms with Crippen LogP contribution in [0.2, 0.25) is 5.02 Å². The highest BCUT2D eigenvalue weighted by Gasteiger charge is 2.26. The zero-order chi connectivity index (χ0) is 17.5. The van der Waals surface area contributed by atoms with Crippen LogP contribution < -0.4 is 20.5 Å². The van der Waals surface area contributed by atoms with E-state index in [1.165, 1.54) is 13.5 Å². The highest BCUT2D eigenvalue weighted by molar-refractivity contribution is 6.32. The van der Waals surface area contributed by atoms with Crippen LogP contribution in [0.5, 0.6) is 11.5 Å². The van der Waals surface area contributed by atoms with Crippen molar-refractivity contribution in [3.63, 3.8) is 0 Å². The average molecular weight is 355 g/mol. The molecule has 5 nitrogen and oxygen atoms in total. The quantitative estimate of drug-likeness (QED) is 0.787. The molecule has 2 atom stereocenters. The van der Waals surface area contributed by atoms with Gasteiger partial charge in [-0.1, -0.05) is 31.4 Å². The van der Waals surface area contributed by atoms with Crippen molar-refractivity contribution in [2.75, 3.05) is 20.3 Å². The molecule has 1 aromatic carbocycles. The minimum absolute atomic E-state index is 0.122. The summed E-state index contributed by atoms with van der Waals surface area (Å²) < 4.78 is 11.0. The van der Waals surface area contributed by atoms with Crippen molar-refractivity contribution in [1.29, 1.82) is 0 Å². The molecule has 1 saturated carbocycles. The van der Waals surface area contributed by atoms with Gasteiger partial charge in [0, 0.05) is 11.6 Å². The molecular weight excluding hydrogens is 328 g/mol. The van der Waals surface area contributed by atoms with E-state index in [2.05, 4.69) is 5.32 Å². The maximum atomic E-state index is 12.6. The highest BCUT2D eigenvalue weighted by atomic mass is 35.5. The number of amides is 1. The Morgan fingerprint density at radius 3 is 2.79 bits per heavy atom. The maximum Gasteiger partial charge on any atom is 0.251 e. The van der Waals surface area contributed by atoms with Crippen LogP contribution in [0.15, 0.2) is 12.1 Å². The van der Waals surface area contributed by atoms with Gasteiger partial charge in [-0.25, -0.2) is 0 Å². The molecule has 2 rings (SSSR count). The van der Waals surface area contributed by atoms with Crippen LogP contribution in [0.25, 0.3) is 0 Å². The van der Waals surface area contributed by atoms with Crippen LogP contribution in [0.4, 0.5) is 0 Å². The van der Waals surface area contributed by atoms with Gasteiger partial charge in [0.2, 0.25) is 0 Å². The first-order valence-electron chi connectivity index (χ1n) is 8.62. The summed E-state index contributed by atoms with van der Waals surface area (Å²) in [4.78, 5) is 12.6. The zero-order valence-corrected chi connectivity index (χ0v) is 15.2. The number of halogens is 1. The van der Waals surface area contributed by atoms with Crippen LogP contribution in [0.3, 0.4) is 0 Å². The molecule has 0 saturated heterocycles. The fraction of sp³-hybridized carbons (Fsp3) is 0.611. The number of hydrogen-bond donors (Lipinski definition) is 2. The molecule has 0 heterocycles. The van der Waals surface area contributed by atoms with Gasteiger partial charge in [-0.15, -0.1) is 0 Å². The first-order chi connectivity index (χ1) is 11.6. The Morgan fingerprint density at radius 1 is 1.38 bits per heavy atom. The third kappa shape index (κ3) is 4.54. The SMILES string of the molecule is CCCOc1c(Cl)cc(C(=O)NC2CCCCC2CN)cc1OC. The lowest BCUT2D eigenvalue weighted by atomic mass is 9.84. The van der Waals surface area contributed by atoms with Crippen LogP contribution in [-0.4, -0.2) is 32.2 Å². The normalized spacial score (nSPS) is 20.5. The Balaban J connectivity index is 2.15. The molecule has 0 bridgehead atoms. The molecule has 0 radical (unpaired) electrons. The van der Waals surface area contributed by atoms with E-state index in [0.717, 1.165) is 25.7 Å². The van der Waals surface area contributed by atoms with Gasteiger partial charge >= 0.3 is 0 Å². The van der Waals surface area contributed by atoms with E-state index >= 15 is 0 Å². The largest absolute Gasteiger partial charge is 0.493 e. The number of nitrogens with one attached hydrogen (secondary N) is 1. The molecule has 0 aromatic heterocycles. The van der Waals surface area contributed by atoms with Crippen LogP contribution in [0.1, 0.15) is 49.4 Å². The van der Waals surface area contributed by atoms with Gasteiger partial charge in [-0.2, -0.15) is 0 Å². The number of benzene rings is 1. The number of rotatable bonds is 7. The van der Waals surface area contributed by atoms with E-state index in [4.69, 9.17) is 26.8 Å². The van der Waals surface area contributed by atoms with Gasteiger partial charge in [-0.05, 0) is 43.9 Å². The molecule has 1 amide bonds. The first kappa shape index (κ1) is 18.9. The van der Waals surface area contributed by atoms with Crippen molar-refractivity contribution >= 4 is 17.5 Å². The Labute approximate surface area is 148 Å². The van der Waals surface area contributed by atoms with Gasteiger partial charge in [0.1, 0.15) is 0 Å². The van der Waals surface area contributed by atoms with Crippen molar-refractivity contribution in [2.24, 2.45) is 11.7 Å². The summed E-state index contributed by atoms with van der Waals surface area (Å²) in [6.07, 6.45) is 5.20. The minimum Gasteiger partial charge on any atom is -0.493 e. The highest BCUT2D eigenvalue weighted by Crippen LogP contribution is 2.36. The molecule has 0 aliphatic heterocycles. The molecular formula is C18H27ClN2O3. The third-order valence-electron chi connectivity index (χ3n) is 4.47. The number of ether oxygens (including phenoxy) is 2. The molecule has 2 unspecified atom stereocenters. The topological polar surface area (TPSA) is 73.6 Å². The second kappa shape index (κ2) is 9.14. The molecule has 1 aliphatic rings. The summed E-state index contributed by atoms with van der Waals surface area (Å²) in [5.41, 5.74) is 6.31. The Kier molecular flexibility index (Phi) is 7.18. The van der Waals surface area contributed by atoms with E-state index in [1.54, 1.807) is 12.1 Å². The minimum atomic E-state index is -0.150. The summed E-state index contributed by atoms with van der Waals surface area (Å²) in [6.45, 7) is 3.15. The first-order valence-corrected chi connectivity index (χ1v) is 8.99. The smallest absolute Gasteiger partial charge is 0.251 e. The molecule has 6 heteroatoms. The molecule has 134 valence electrons. The Morgan fingerprint density at radius 2 is 2.12 bits per heavy atom. The maximum absolute atomic E-state index is 12.6. The van der Waals surface area contributed by atoms with Crippen LogP contribution in [0, 0.1) is 5.92 Å². The second-order valence-corrected chi connectivity index (χ2v) is 6.61. The number of carbonyl (C=O) groups is 1. The fourth-order valence-electron chi connectivity index (χ4n) is 3.13. The van der Waals surface area contributed by atoms with E-state index in [9.17, 15) is 4.79 Å². The number of carbonyl (C=O) groups excluding carboxylic acids is 1. The summed E-state index contributed by atoms with van der Waals surface area (Å²) in [5.74, 6) is 1.14.